The molecule has 0 radical (unpaired) electrons. The Labute approximate surface area is 111 Å². The standard InChI is InChI=1S/C15H15NO3/c1-3-10-8-9-16-14(13(10)15(18)19-2)11-4-6-12(17)7-5-11/h4-9,17H,3H2,1-2H3. The summed E-state index contributed by atoms with van der Waals surface area (Å²) in [5.41, 5.74) is 2.72. The van der Waals surface area contributed by atoms with Gasteiger partial charge in [0.15, 0.2) is 0 Å². The molecule has 4 nitrogen and oxygen atoms in total. The predicted molar refractivity (Wildman–Crippen MR) is 72.1 cm³/mol. The lowest BCUT2D eigenvalue weighted by molar-refractivity contribution is 0.0600. The first-order chi connectivity index (χ1) is 9.17. The highest BCUT2D eigenvalue weighted by molar-refractivity contribution is 5.97. The summed E-state index contributed by atoms with van der Waals surface area (Å²) in [5, 5.41) is 9.32. The molecule has 1 N–H and O–H groups in total. The van der Waals surface area contributed by atoms with E-state index in [1.165, 1.54) is 7.11 Å². The molecule has 0 unspecified atom stereocenters. The van der Waals surface area contributed by atoms with Crippen LogP contribution in [0.3, 0.4) is 0 Å². The number of carbonyl (C=O) groups is 1. The van der Waals surface area contributed by atoms with Gasteiger partial charge in [-0.05, 0) is 42.3 Å². The van der Waals surface area contributed by atoms with E-state index >= 15 is 0 Å². The molecule has 98 valence electrons. The van der Waals surface area contributed by atoms with E-state index in [-0.39, 0.29) is 5.75 Å². The fourth-order valence-corrected chi connectivity index (χ4v) is 1.96. The molecule has 1 aromatic heterocycles. The maximum absolute atomic E-state index is 11.9. The number of ether oxygens (including phenoxy) is 1. The number of benzene rings is 1. The number of carbonyl (C=O) groups excluding carboxylic acids is 1. The van der Waals surface area contributed by atoms with Crippen molar-refractivity contribution in [3.63, 3.8) is 0 Å². The normalized spacial score (nSPS) is 10.2. The van der Waals surface area contributed by atoms with Gasteiger partial charge in [-0.25, -0.2) is 4.79 Å². The van der Waals surface area contributed by atoms with Crippen molar-refractivity contribution in [2.24, 2.45) is 0 Å². The van der Waals surface area contributed by atoms with Gasteiger partial charge in [-0.1, -0.05) is 6.92 Å². The molecule has 0 aliphatic carbocycles. The number of methoxy groups -OCH3 is 1. The minimum Gasteiger partial charge on any atom is -0.508 e. The van der Waals surface area contributed by atoms with E-state index in [9.17, 15) is 9.90 Å². The van der Waals surface area contributed by atoms with Gasteiger partial charge in [-0.2, -0.15) is 0 Å². The van der Waals surface area contributed by atoms with Crippen molar-refractivity contribution < 1.29 is 14.6 Å². The Kier molecular flexibility index (Phi) is 3.80. The van der Waals surface area contributed by atoms with Crippen LogP contribution in [0.15, 0.2) is 36.5 Å². The van der Waals surface area contributed by atoms with Gasteiger partial charge >= 0.3 is 5.97 Å². The number of aromatic hydroxyl groups is 1. The van der Waals surface area contributed by atoms with Gasteiger partial charge in [0.2, 0.25) is 0 Å². The third kappa shape index (κ3) is 2.57. The molecule has 4 heteroatoms. The topological polar surface area (TPSA) is 59.4 Å². The molecule has 2 rings (SSSR count). The number of pyridine rings is 1. The first-order valence-corrected chi connectivity index (χ1v) is 6.03. The molecule has 0 spiro atoms. The molecule has 1 heterocycles. The second-order valence-electron chi connectivity index (χ2n) is 4.09. The molecule has 0 saturated heterocycles. The summed E-state index contributed by atoms with van der Waals surface area (Å²) < 4.78 is 4.84. The van der Waals surface area contributed by atoms with Crippen LogP contribution in [-0.4, -0.2) is 23.2 Å². The van der Waals surface area contributed by atoms with E-state index in [2.05, 4.69) is 4.98 Å². The van der Waals surface area contributed by atoms with Crippen LogP contribution < -0.4 is 0 Å². The highest BCUT2D eigenvalue weighted by Crippen LogP contribution is 2.26. The molecule has 19 heavy (non-hydrogen) atoms. The Morgan fingerprint density at radius 3 is 2.53 bits per heavy atom. The Bertz CT molecular complexity index is 591. The molecule has 2 aromatic rings. The second kappa shape index (κ2) is 5.52. The van der Waals surface area contributed by atoms with Crippen LogP contribution in [0, 0.1) is 0 Å². The minimum atomic E-state index is -0.395. The van der Waals surface area contributed by atoms with Crippen molar-refractivity contribution in [1.82, 2.24) is 4.98 Å². The van der Waals surface area contributed by atoms with Crippen LogP contribution in [0.4, 0.5) is 0 Å². The highest BCUT2D eigenvalue weighted by atomic mass is 16.5. The van der Waals surface area contributed by atoms with E-state index in [4.69, 9.17) is 4.74 Å². The monoisotopic (exact) mass is 257 g/mol. The van der Waals surface area contributed by atoms with Gasteiger partial charge < -0.3 is 9.84 Å². The van der Waals surface area contributed by atoms with Gasteiger partial charge in [0, 0.05) is 11.8 Å². The van der Waals surface area contributed by atoms with Crippen molar-refractivity contribution in [3.8, 4) is 17.0 Å². The Balaban J connectivity index is 2.62. The maximum Gasteiger partial charge on any atom is 0.340 e. The fourth-order valence-electron chi connectivity index (χ4n) is 1.96. The van der Waals surface area contributed by atoms with Crippen molar-refractivity contribution in [2.45, 2.75) is 13.3 Å². The molecule has 0 atom stereocenters. The fraction of sp³-hybridized carbons (Fsp3) is 0.200. The number of nitrogens with zero attached hydrogens (tertiary/aromatic N) is 1. The van der Waals surface area contributed by atoms with Crippen LogP contribution >= 0.6 is 0 Å². The number of phenolic OH excluding ortho intramolecular Hbond substituents is 1. The molecular weight excluding hydrogens is 242 g/mol. The van der Waals surface area contributed by atoms with Gasteiger partial charge in [0.05, 0.1) is 18.4 Å². The zero-order chi connectivity index (χ0) is 13.8. The summed E-state index contributed by atoms with van der Waals surface area (Å²) in [6.45, 7) is 1.97. The summed E-state index contributed by atoms with van der Waals surface area (Å²) in [4.78, 5) is 16.2. The predicted octanol–water partition coefficient (Wildman–Crippen LogP) is 2.80. The molecule has 0 fully saturated rings. The number of phenols is 1. The number of aryl methyl sites for hydroxylation is 1. The van der Waals surface area contributed by atoms with Crippen LogP contribution in [0.1, 0.15) is 22.8 Å². The lowest BCUT2D eigenvalue weighted by Crippen LogP contribution is -2.09. The Morgan fingerprint density at radius 2 is 1.95 bits per heavy atom. The van der Waals surface area contributed by atoms with Gasteiger partial charge in [-0.3, -0.25) is 4.98 Å². The number of esters is 1. The van der Waals surface area contributed by atoms with Crippen molar-refractivity contribution in [1.29, 1.82) is 0 Å². The lowest BCUT2D eigenvalue weighted by atomic mass is 9.99. The third-order valence-electron chi connectivity index (χ3n) is 2.95. The van der Waals surface area contributed by atoms with Gasteiger partial charge in [0.25, 0.3) is 0 Å². The quantitative estimate of drug-likeness (QED) is 0.859. The summed E-state index contributed by atoms with van der Waals surface area (Å²) in [7, 11) is 1.36. The number of rotatable bonds is 3. The van der Waals surface area contributed by atoms with Crippen molar-refractivity contribution in [3.05, 3.63) is 47.7 Å². The smallest absolute Gasteiger partial charge is 0.340 e. The van der Waals surface area contributed by atoms with Crippen LogP contribution in [0.25, 0.3) is 11.3 Å². The molecule has 1 aromatic carbocycles. The number of hydrogen-bond acceptors (Lipinski definition) is 4. The molecule has 0 amide bonds. The molecule has 0 aliphatic rings. The average molecular weight is 257 g/mol. The van der Waals surface area contributed by atoms with E-state index in [0.29, 0.717) is 11.3 Å². The van der Waals surface area contributed by atoms with Crippen molar-refractivity contribution >= 4 is 5.97 Å². The first-order valence-electron chi connectivity index (χ1n) is 6.03. The maximum atomic E-state index is 11.9. The zero-order valence-electron chi connectivity index (χ0n) is 10.9. The van der Waals surface area contributed by atoms with Crippen LogP contribution in [-0.2, 0) is 11.2 Å². The highest BCUT2D eigenvalue weighted by Gasteiger charge is 2.18. The average Bonchev–Trinajstić information content (AvgIpc) is 2.46. The van der Waals surface area contributed by atoms with E-state index in [0.717, 1.165) is 17.5 Å². The SMILES string of the molecule is CCc1ccnc(-c2ccc(O)cc2)c1C(=O)OC. The van der Waals surface area contributed by atoms with Gasteiger partial charge in [0.1, 0.15) is 5.75 Å². The minimum absolute atomic E-state index is 0.176. The molecular formula is C15H15NO3. The van der Waals surface area contributed by atoms with E-state index < -0.39 is 5.97 Å². The Morgan fingerprint density at radius 1 is 1.26 bits per heavy atom. The second-order valence-corrected chi connectivity index (χ2v) is 4.09. The van der Waals surface area contributed by atoms with Crippen LogP contribution in [0.5, 0.6) is 5.75 Å². The van der Waals surface area contributed by atoms with Gasteiger partial charge in [-0.15, -0.1) is 0 Å². The third-order valence-corrected chi connectivity index (χ3v) is 2.95. The lowest BCUT2D eigenvalue weighted by Gasteiger charge is -2.11. The Hall–Kier alpha value is -2.36. The molecule has 0 saturated carbocycles. The molecule has 0 bridgehead atoms. The zero-order valence-corrected chi connectivity index (χ0v) is 10.9. The number of aromatic nitrogens is 1. The first kappa shape index (κ1) is 13.1. The van der Waals surface area contributed by atoms with Crippen LogP contribution in [0.2, 0.25) is 0 Å². The summed E-state index contributed by atoms with van der Waals surface area (Å²) >= 11 is 0. The summed E-state index contributed by atoms with van der Waals surface area (Å²) in [6.07, 6.45) is 2.39. The van der Waals surface area contributed by atoms with Crippen molar-refractivity contribution in [2.75, 3.05) is 7.11 Å². The largest absolute Gasteiger partial charge is 0.508 e. The van der Waals surface area contributed by atoms with E-state index in [1.54, 1.807) is 30.5 Å². The molecule has 0 aliphatic heterocycles. The number of hydrogen-bond donors (Lipinski definition) is 1. The summed E-state index contributed by atoms with van der Waals surface area (Å²) in [5.74, 6) is -0.219. The van der Waals surface area contributed by atoms with E-state index in [1.807, 2.05) is 13.0 Å². The summed E-state index contributed by atoms with van der Waals surface area (Å²) in [6, 6.07) is 8.40.